The summed E-state index contributed by atoms with van der Waals surface area (Å²) in [6.45, 7) is 4.30. The van der Waals surface area contributed by atoms with Crippen LogP contribution < -0.4 is 0 Å². The van der Waals surface area contributed by atoms with Crippen molar-refractivity contribution < 1.29 is 4.79 Å². The van der Waals surface area contributed by atoms with Crippen molar-refractivity contribution in [2.24, 2.45) is 0 Å². The first-order chi connectivity index (χ1) is 9.08. The number of carbonyl (C=O) groups is 1. The smallest absolute Gasteiger partial charge is 0.167 e. The second kappa shape index (κ2) is 6.16. The van der Waals surface area contributed by atoms with Crippen molar-refractivity contribution in [1.29, 1.82) is 0 Å². The van der Waals surface area contributed by atoms with E-state index in [9.17, 15) is 4.79 Å². The zero-order chi connectivity index (χ0) is 13.8. The molecule has 2 rings (SSSR count). The number of hydrogen-bond acceptors (Lipinski definition) is 1. The molecule has 1 nitrogen and oxygen atoms in total. The van der Waals surface area contributed by atoms with Crippen molar-refractivity contribution in [2.75, 3.05) is 0 Å². The lowest BCUT2D eigenvalue weighted by Gasteiger charge is -2.07. The zero-order valence-electron chi connectivity index (χ0n) is 11.2. The van der Waals surface area contributed by atoms with E-state index in [1.165, 1.54) is 5.56 Å². The molecule has 0 spiro atoms. The summed E-state index contributed by atoms with van der Waals surface area (Å²) >= 11 is 3.48. The third-order valence-electron chi connectivity index (χ3n) is 3.21. The molecule has 0 amide bonds. The molecule has 0 radical (unpaired) electrons. The van der Waals surface area contributed by atoms with Gasteiger partial charge in [0.1, 0.15) is 0 Å². The van der Waals surface area contributed by atoms with Gasteiger partial charge in [0, 0.05) is 16.5 Å². The lowest BCUT2D eigenvalue weighted by Crippen LogP contribution is -2.04. The van der Waals surface area contributed by atoms with Gasteiger partial charge in [0.05, 0.1) is 0 Å². The molecule has 0 aromatic heterocycles. The molecule has 19 heavy (non-hydrogen) atoms. The summed E-state index contributed by atoms with van der Waals surface area (Å²) in [6, 6.07) is 15.8. The van der Waals surface area contributed by atoms with Crippen LogP contribution in [0.1, 0.15) is 41.3 Å². The first kappa shape index (κ1) is 14.0. The first-order valence-corrected chi connectivity index (χ1v) is 7.24. The van der Waals surface area contributed by atoms with Crippen LogP contribution in [0.3, 0.4) is 0 Å². The first-order valence-electron chi connectivity index (χ1n) is 6.44. The monoisotopic (exact) mass is 316 g/mol. The Morgan fingerprint density at radius 3 is 2.26 bits per heavy atom. The van der Waals surface area contributed by atoms with Gasteiger partial charge in [-0.05, 0) is 23.1 Å². The number of halogens is 1. The molecule has 0 heterocycles. The van der Waals surface area contributed by atoms with Crippen LogP contribution in [0.2, 0.25) is 0 Å². The minimum Gasteiger partial charge on any atom is -0.294 e. The normalized spacial score (nSPS) is 10.7. The molecular weight excluding hydrogens is 300 g/mol. The summed E-state index contributed by atoms with van der Waals surface area (Å²) in [6.07, 6.45) is 0.433. The fourth-order valence-electron chi connectivity index (χ4n) is 1.97. The van der Waals surface area contributed by atoms with Crippen LogP contribution in [0.5, 0.6) is 0 Å². The van der Waals surface area contributed by atoms with Gasteiger partial charge >= 0.3 is 0 Å². The summed E-state index contributed by atoms with van der Waals surface area (Å²) in [5, 5.41) is 0. The molecule has 0 atom stereocenters. The van der Waals surface area contributed by atoms with Crippen molar-refractivity contribution in [2.45, 2.75) is 26.2 Å². The second-order valence-electron chi connectivity index (χ2n) is 4.97. The van der Waals surface area contributed by atoms with E-state index in [1.807, 2.05) is 48.5 Å². The van der Waals surface area contributed by atoms with Crippen LogP contribution >= 0.6 is 15.9 Å². The molecule has 0 bridgehead atoms. The Morgan fingerprint density at radius 1 is 1.05 bits per heavy atom. The molecule has 0 aliphatic heterocycles. The summed E-state index contributed by atoms with van der Waals surface area (Å²) in [7, 11) is 0. The van der Waals surface area contributed by atoms with Gasteiger partial charge in [0.15, 0.2) is 5.78 Å². The molecule has 98 valence electrons. The van der Waals surface area contributed by atoms with E-state index in [-0.39, 0.29) is 5.78 Å². The van der Waals surface area contributed by atoms with E-state index in [0.29, 0.717) is 12.3 Å². The number of hydrogen-bond donors (Lipinski definition) is 0. The Bertz CT molecular complexity index is 570. The average molecular weight is 317 g/mol. The highest BCUT2D eigenvalue weighted by atomic mass is 79.9. The molecular formula is C17H17BrO. The number of rotatable bonds is 4. The zero-order valence-corrected chi connectivity index (χ0v) is 12.8. The number of ketones is 1. The molecule has 0 N–H and O–H groups in total. The van der Waals surface area contributed by atoms with Crippen LogP contribution in [-0.4, -0.2) is 5.78 Å². The Kier molecular flexibility index (Phi) is 4.54. The topological polar surface area (TPSA) is 17.1 Å². The Labute approximate surface area is 122 Å². The van der Waals surface area contributed by atoms with E-state index in [0.717, 1.165) is 15.6 Å². The van der Waals surface area contributed by atoms with Crippen molar-refractivity contribution in [1.82, 2.24) is 0 Å². The third-order valence-corrected chi connectivity index (χ3v) is 3.98. The predicted octanol–water partition coefficient (Wildman–Crippen LogP) is 5.00. The van der Waals surface area contributed by atoms with Gasteiger partial charge in [-0.15, -0.1) is 0 Å². The average Bonchev–Trinajstić information content (AvgIpc) is 2.41. The molecule has 2 aromatic carbocycles. The molecule has 0 saturated heterocycles. The van der Waals surface area contributed by atoms with Crippen LogP contribution in [0.25, 0.3) is 0 Å². The van der Waals surface area contributed by atoms with E-state index in [4.69, 9.17) is 0 Å². The van der Waals surface area contributed by atoms with Gasteiger partial charge in [-0.1, -0.05) is 72.2 Å². The van der Waals surface area contributed by atoms with Gasteiger partial charge in [-0.25, -0.2) is 0 Å². The molecule has 0 aliphatic rings. The summed E-state index contributed by atoms with van der Waals surface area (Å²) in [5.41, 5.74) is 3.07. The van der Waals surface area contributed by atoms with Crippen molar-refractivity contribution in [3.63, 3.8) is 0 Å². The number of Topliss-reactive ketones (excluding diaryl/α,β-unsaturated/α-hetero) is 1. The lowest BCUT2D eigenvalue weighted by molar-refractivity contribution is 0.0993. The largest absolute Gasteiger partial charge is 0.294 e. The molecule has 0 saturated carbocycles. The van der Waals surface area contributed by atoms with Gasteiger partial charge in [0.2, 0.25) is 0 Å². The summed E-state index contributed by atoms with van der Waals surface area (Å²) in [5.74, 6) is 0.648. The number of carbonyl (C=O) groups excluding carboxylic acids is 1. The van der Waals surface area contributed by atoms with E-state index < -0.39 is 0 Å². The van der Waals surface area contributed by atoms with Gasteiger partial charge < -0.3 is 0 Å². The standard InChI is InChI=1S/C17H17BrO/c1-12(2)13-7-9-14(10-8-13)17(19)11-15-5-3-4-6-16(15)18/h3-10,12H,11H2,1-2H3. The molecule has 0 fully saturated rings. The Hall–Kier alpha value is -1.41. The number of benzene rings is 2. The predicted molar refractivity (Wildman–Crippen MR) is 82.7 cm³/mol. The van der Waals surface area contributed by atoms with Gasteiger partial charge in [0.25, 0.3) is 0 Å². The molecule has 2 heteroatoms. The maximum absolute atomic E-state index is 12.2. The fraction of sp³-hybridized carbons (Fsp3) is 0.235. The minimum absolute atomic E-state index is 0.155. The highest BCUT2D eigenvalue weighted by molar-refractivity contribution is 9.10. The van der Waals surface area contributed by atoms with Gasteiger partial charge in [-0.2, -0.15) is 0 Å². The van der Waals surface area contributed by atoms with Gasteiger partial charge in [-0.3, -0.25) is 4.79 Å². The molecule has 2 aromatic rings. The maximum atomic E-state index is 12.2. The SMILES string of the molecule is CC(C)c1ccc(C(=O)Cc2ccccc2Br)cc1. The van der Waals surface area contributed by atoms with Crippen molar-refractivity contribution >= 4 is 21.7 Å². The second-order valence-corrected chi connectivity index (χ2v) is 5.82. The van der Waals surface area contributed by atoms with Crippen LogP contribution in [-0.2, 0) is 6.42 Å². The Balaban J connectivity index is 2.14. The third kappa shape index (κ3) is 3.54. The summed E-state index contributed by atoms with van der Waals surface area (Å²) < 4.78 is 0.988. The lowest BCUT2D eigenvalue weighted by atomic mass is 9.98. The Morgan fingerprint density at radius 2 is 1.68 bits per heavy atom. The van der Waals surface area contributed by atoms with Crippen LogP contribution in [0, 0.1) is 0 Å². The van der Waals surface area contributed by atoms with E-state index >= 15 is 0 Å². The van der Waals surface area contributed by atoms with Crippen LogP contribution in [0.4, 0.5) is 0 Å². The maximum Gasteiger partial charge on any atom is 0.167 e. The quantitative estimate of drug-likeness (QED) is 0.725. The molecule has 0 unspecified atom stereocenters. The van der Waals surface area contributed by atoms with E-state index in [2.05, 4.69) is 29.8 Å². The van der Waals surface area contributed by atoms with Crippen molar-refractivity contribution in [3.8, 4) is 0 Å². The van der Waals surface area contributed by atoms with E-state index in [1.54, 1.807) is 0 Å². The van der Waals surface area contributed by atoms with Crippen molar-refractivity contribution in [3.05, 3.63) is 69.7 Å². The molecule has 0 aliphatic carbocycles. The summed E-state index contributed by atoms with van der Waals surface area (Å²) in [4.78, 5) is 12.2. The van der Waals surface area contributed by atoms with Crippen LogP contribution in [0.15, 0.2) is 53.0 Å². The highest BCUT2D eigenvalue weighted by Gasteiger charge is 2.09. The fourth-order valence-corrected chi connectivity index (χ4v) is 2.40. The highest BCUT2D eigenvalue weighted by Crippen LogP contribution is 2.19. The minimum atomic E-state index is 0.155.